The number of rotatable bonds is 3. The van der Waals surface area contributed by atoms with E-state index in [1.165, 1.54) is 22.6 Å². The van der Waals surface area contributed by atoms with Gasteiger partial charge < -0.3 is 4.90 Å². The van der Waals surface area contributed by atoms with Gasteiger partial charge in [-0.25, -0.2) is 0 Å². The summed E-state index contributed by atoms with van der Waals surface area (Å²) in [5.74, 6) is 0. The third kappa shape index (κ3) is 2.67. The molecule has 2 aromatic rings. The second kappa shape index (κ2) is 5.79. The Bertz CT molecular complexity index is 638. The van der Waals surface area contributed by atoms with Gasteiger partial charge in [-0.1, -0.05) is 42.5 Å². The van der Waals surface area contributed by atoms with Crippen LogP contribution in [0, 0.1) is 6.92 Å². The molecule has 0 bridgehead atoms. The number of anilines is 2. The predicted octanol–water partition coefficient (Wildman–Crippen LogP) is 5.37. The quantitative estimate of drug-likeness (QED) is 0.718. The highest BCUT2D eigenvalue weighted by Gasteiger charge is 2.13. The molecule has 100 valence electrons. The van der Waals surface area contributed by atoms with Crippen molar-refractivity contribution in [1.82, 2.24) is 0 Å². The van der Waals surface area contributed by atoms with Crippen LogP contribution in [0.5, 0.6) is 0 Å². The monoisotopic (exact) mass is 261 g/mol. The summed E-state index contributed by atoms with van der Waals surface area (Å²) in [7, 11) is 0. The molecule has 2 aromatic carbocycles. The first-order chi connectivity index (χ1) is 9.84. The van der Waals surface area contributed by atoms with Crippen molar-refractivity contribution in [2.24, 2.45) is 0 Å². The summed E-state index contributed by atoms with van der Waals surface area (Å²) in [5.41, 5.74) is 4.96. The maximum absolute atomic E-state index is 2.32. The minimum Gasteiger partial charge on any atom is -0.311 e. The average Bonchev–Trinajstić information content (AvgIpc) is 2.50. The third-order valence-corrected chi connectivity index (χ3v) is 3.51. The van der Waals surface area contributed by atoms with Crippen LogP contribution in [-0.4, -0.2) is 0 Å². The van der Waals surface area contributed by atoms with Crippen molar-refractivity contribution in [3.8, 4) is 0 Å². The lowest BCUT2D eigenvalue weighted by Gasteiger charge is -2.27. The van der Waals surface area contributed by atoms with Crippen LogP contribution in [0.1, 0.15) is 18.4 Å². The minimum absolute atomic E-state index is 1.11. The lowest BCUT2D eigenvalue weighted by molar-refractivity contribution is 0.997. The summed E-state index contributed by atoms with van der Waals surface area (Å²) < 4.78 is 0. The van der Waals surface area contributed by atoms with Crippen LogP contribution in [-0.2, 0) is 0 Å². The van der Waals surface area contributed by atoms with Crippen LogP contribution in [0.2, 0.25) is 0 Å². The average molecular weight is 261 g/mol. The van der Waals surface area contributed by atoms with E-state index < -0.39 is 0 Å². The van der Waals surface area contributed by atoms with Gasteiger partial charge in [0, 0.05) is 17.1 Å². The molecule has 0 N–H and O–H groups in total. The largest absolute Gasteiger partial charge is 0.311 e. The second-order valence-electron chi connectivity index (χ2n) is 5.12. The highest BCUT2D eigenvalue weighted by atomic mass is 15.1. The Kier molecular flexibility index (Phi) is 3.69. The van der Waals surface area contributed by atoms with E-state index in [1.54, 1.807) is 0 Å². The summed E-state index contributed by atoms with van der Waals surface area (Å²) in [4.78, 5) is 2.32. The van der Waals surface area contributed by atoms with E-state index in [2.05, 4.69) is 84.6 Å². The van der Waals surface area contributed by atoms with Gasteiger partial charge >= 0.3 is 0 Å². The fraction of sp³-hybridized carbons (Fsp3) is 0.158. The second-order valence-corrected chi connectivity index (χ2v) is 5.12. The maximum atomic E-state index is 2.32. The van der Waals surface area contributed by atoms with Crippen LogP contribution in [0.25, 0.3) is 0 Å². The smallest absolute Gasteiger partial charge is 0.0464 e. The van der Waals surface area contributed by atoms with Gasteiger partial charge in [-0.2, -0.15) is 0 Å². The summed E-state index contributed by atoms with van der Waals surface area (Å²) in [6.07, 6.45) is 9.04. The number of para-hydroxylation sites is 1. The van der Waals surface area contributed by atoms with Crippen molar-refractivity contribution < 1.29 is 0 Å². The molecule has 0 saturated heterocycles. The Morgan fingerprint density at radius 1 is 0.850 bits per heavy atom. The fourth-order valence-electron chi connectivity index (χ4n) is 2.56. The Morgan fingerprint density at radius 3 is 2.35 bits per heavy atom. The first-order valence-corrected chi connectivity index (χ1v) is 7.13. The molecule has 3 rings (SSSR count). The van der Waals surface area contributed by atoms with Gasteiger partial charge in [0.05, 0.1) is 0 Å². The van der Waals surface area contributed by atoms with Crippen molar-refractivity contribution in [3.63, 3.8) is 0 Å². The molecule has 1 aliphatic carbocycles. The van der Waals surface area contributed by atoms with Gasteiger partial charge in [-0.15, -0.1) is 0 Å². The first-order valence-electron chi connectivity index (χ1n) is 7.13. The van der Waals surface area contributed by atoms with Gasteiger partial charge in [-0.05, 0) is 55.7 Å². The third-order valence-electron chi connectivity index (χ3n) is 3.51. The minimum atomic E-state index is 1.11. The molecule has 0 heterocycles. The highest BCUT2D eigenvalue weighted by molar-refractivity contribution is 5.70. The van der Waals surface area contributed by atoms with Crippen LogP contribution in [0.3, 0.4) is 0 Å². The molecule has 0 radical (unpaired) electrons. The van der Waals surface area contributed by atoms with E-state index in [9.17, 15) is 0 Å². The molecule has 0 unspecified atom stereocenters. The molecular formula is C19H19N. The van der Waals surface area contributed by atoms with E-state index in [-0.39, 0.29) is 0 Å². The van der Waals surface area contributed by atoms with Gasteiger partial charge in [0.15, 0.2) is 0 Å². The first kappa shape index (κ1) is 12.7. The van der Waals surface area contributed by atoms with Crippen LogP contribution in [0.4, 0.5) is 11.4 Å². The molecule has 0 fully saturated rings. The van der Waals surface area contributed by atoms with Crippen molar-refractivity contribution in [1.29, 1.82) is 0 Å². The van der Waals surface area contributed by atoms with Gasteiger partial charge in [0.25, 0.3) is 0 Å². The number of aryl methyl sites for hydroxylation is 1. The van der Waals surface area contributed by atoms with Crippen molar-refractivity contribution in [3.05, 3.63) is 84.1 Å². The summed E-state index contributed by atoms with van der Waals surface area (Å²) >= 11 is 0. The molecular weight excluding hydrogens is 242 g/mol. The van der Waals surface area contributed by atoms with Crippen LogP contribution < -0.4 is 4.90 Å². The Hall–Kier alpha value is -2.28. The Labute approximate surface area is 120 Å². The molecule has 1 nitrogen and oxygen atoms in total. The van der Waals surface area contributed by atoms with E-state index in [4.69, 9.17) is 0 Å². The molecule has 0 aromatic heterocycles. The van der Waals surface area contributed by atoms with Crippen molar-refractivity contribution >= 4 is 11.4 Å². The molecule has 0 saturated carbocycles. The Balaban J connectivity index is 2.08. The van der Waals surface area contributed by atoms with Crippen LogP contribution >= 0.6 is 0 Å². The SMILES string of the molecule is Cc1cccc(N(C2=CCCC=C2)c2ccccc2)c1. The topological polar surface area (TPSA) is 3.24 Å². The summed E-state index contributed by atoms with van der Waals surface area (Å²) in [6.45, 7) is 2.14. The predicted molar refractivity (Wildman–Crippen MR) is 86.2 cm³/mol. The number of hydrogen-bond donors (Lipinski definition) is 0. The number of nitrogens with zero attached hydrogens (tertiary/aromatic N) is 1. The van der Waals surface area contributed by atoms with Gasteiger partial charge in [-0.3, -0.25) is 0 Å². The Morgan fingerprint density at radius 2 is 1.65 bits per heavy atom. The molecule has 0 aliphatic heterocycles. The summed E-state index contributed by atoms with van der Waals surface area (Å²) in [6, 6.07) is 19.2. The molecule has 0 amide bonds. The maximum Gasteiger partial charge on any atom is 0.0464 e. The normalized spacial score (nSPS) is 13.9. The van der Waals surface area contributed by atoms with Crippen molar-refractivity contribution in [2.75, 3.05) is 4.90 Å². The zero-order valence-electron chi connectivity index (χ0n) is 11.8. The van der Waals surface area contributed by atoms with E-state index in [0.29, 0.717) is 0 Å². The van der Waals surface area contributed by atoms with Crippen LogP contribution in [0.15, 0.2) is 78.5 Å². The van der Waals surface area contributed by atoms with E-state index >= 15 is 0 Å². The fourth-order valence-corrected chi connectivity index (χ4v) is 2.56. The molecule has 20 heavy (non-hydrogen) atoms. The van der Waals surface area contributed by atoms with Gasteiger partial charge in [0.1, 0.15) is 0 Å². The zero-order chi connectivity index (χ0) is 13.8. The lowest BCUT2D eigenvalue weighted by Crippen LogP contribution is -2.16. The number of hydrogen-bond acceptors (Lipinski definition) is 1. The number of allylic oxidation sites excluding steroid dienone is 3. The molecule has 1 aliphatic rings. The lowest BCUT2D eigenvalue weighted by atomic mass is 10.1. The highest BCUT2D eigenvalue weighted by Crippen LogP contribution is 2.32. The zero-order valence-corrected chi connectivity index (χ0v) is 11.8. The van der Waals surface area contributed by atoms with E-state index in [0.717, 1.165) is 12.8 Å². The van der Waals surface area contributed by atoms with E-state index in [1.807, 2.05) is 0 Å². The summed E-state index contributed by atoms with van der Waals surface area (Å²) in [5, 5.41) is 0. The molecule has 0 spiro atoms. The van der Waals surface area contributed by atoms with Crippen molar-refractivity contribution in [2.45, 2.75) is 19.8 Å². The standard InChI is InChI=1S/C19H19N/c1-16-9-8-14-19(15-16)20(17-10-4-2-5-11-17)18-12-6-3-7-13-18/h2,4-6,8-15H,3,7H2,1H3. The number of benzene rings is 2. The van der Waals surface area contributed by atoms with Gasteiger partial charge in [0.2, 0.25) is 0 Å². The molecule has 0 atom stereocenters. The molecule has 1 heteroatoms.